The summed E-state index contributed by atoms with van der Waals surface area (Å²) < 4.78 is 1.08. The summed E-state index contributed by atoms with van der Waals surface area (Å²) in [6.07, 6.45) is 3.05. The van der Waals surface area contributed by atoms with Gasteiger partial charge in [-0.2, -0.15) is 0 Å². The molecule has 0 bridgehead atoms. The number of carbonyl (C=O) groups is 2. The number of carbonyl (C=O) groups excluding carboxylic acids is 2. The highest BCUT2D eigenvalue weighted by Crippen LogP contribution is 2.22. The predicted octanol–water partition coefficient (Wildman–Crippen LogP) is 2.34. The number of hydrogen-bond donors (Lipinski definition) is 2. The summed E-state index contributed by atoms with van der Waals surface area (Å²) in [6.45, 7) is 5.62. The lowest BCUT2D eigenvalue weighted by Crippen LogP contribution is -2.45. The number of rotatable bonds is 4. The quantitative estimate of drug-likeness (QED) is 0.850. The zero-order chi connectivity index (χ0) is 16.2. The molecule has 0 aliphatic rings. The molecule has 0 saturated heterocycles. The van der Waals surface area contributed by atoms with Gasteiger partial charge < -0.3 is 10.6 Å². The minimum absolute atomic E-state index is 0.0414. The Labute approximate surface area is 133 Å². The molecule has 0 saturated carbocycles. The number of nitrogens with one attached hydrogen (secondary N) is 2. The van der Waals surface area contributed by atoms with Crippen molar-refractivity contribution in [1.29, 1.82) is 0 Å². The van der Waals surface area contributed by atoms with Gasteiger partial charge in [-0.25, -0.2) is 4.98 Å². The van der Waals surface area contributed by atoms with Crippen LogP contribution < -0.4 is 10.6 Å². The average molecular weight is 317 g/mol. The number of amides is 2. The third-order valence-corrected chi connectivity index (χ3v) is 3.63. The van der Waals surface area contributed by atoms with Crippen molar-refractivity contribution in [1.82, 2.24) is 15.6 Å². The van der Waals surface area contributed by atoms with E-state index in [2.05, 4.69) is 15.6 Å². The number of para-hydroxylation sites is 1. The Morgan fingerprint density at radius 1 is 1.27 bits per heavy atom. The monoisotopic (exact) mass is 317 g/mol. The summed E-state index contributed by atoms with van der Waals surface area (Å²) in [4.78, 5) is 27.7. The SMILES string of the molecule is CC(C)(C)NC(=O)CNC(=O)/C=C/c1nc2ccccc2s1. The molecule has 0 unspecified atom stereocenters. The Morgan fingerprint density at radius 2 is 2.00 bits per heavy atom. The van der Waals surface area contributed by atoms with Gasteiger partial charge in [0.1, 0.15) is 5.01 Å². The first-order chi connectivity index (χ1) is 10.3. The van der Waals surface area contributed by atoms with Gasteiger partial charge in [0.15, 0.2) is 0 Å². The van der Waals surface area contributed by atoms with Crippen LogP contribution in [0.1, 0.15) is 25.8 Å². The topological polar surface area (TPSA) is 71.1 Å². The van der Waals surface area contributed by atoms with Crippen molar-refractivity contribution in [3.63, 3.8) is 0 Å². The molecule has 0 aliphatic heterocycles. The minimum Gasteiger partial charge on any atom is -0.350 e. The molecular formula is C16H19N3O2S. The number of hydrogen-bond acceptors (Lipinski definition) is 4. The molecule has 6 heteroatoms. The van der Waals surface area contributed by atoms with Gasteiger partial charge in [-0.1, -0.05) is 12.1 Å². The molecule has 2 aromatic rings. The first kappa shape index (κ1) is 16.2. The minimum atomic E-state index is -0.316. The van der Waals surface area contributed by atoms with Crippen LogP contribution in [0.3, 0.4) is 0 Å². The molecule has 2 rings (SSSR count). The average Bonchev–Trinajstić information content (AvgIpc) is 2.84. The summed E-state index contributed by atoms with van der Waals surface area (Å²) in [5.41, 5.74) is 0.607. The van der Waals surface area contributed by atoms with Crippen LogP contribution in [-0.4, -0.2) is 28.9 Å². The molecule has 1 aromatic carbocycles. The molecule has 0 atom stereocenters. The van der Waals surface area contributed by atoms with Gasteiger partial charge in [-0.3, -0.25) is 9.59 Å². The van der Waals surface area contributed by atoms with Crippen molar-refractivity contribution in [3.8, 4) is 0 Å². The van der Waals surface area contributed by atoms with Crippen molar-refractivity contribution in [2.24, 2.45) is 0 Å². The van der Waals surface area contributed by atoms with E-state index in [4.69, 9.17) is 0 Å². The second-order valence-corrected chi connectivity index (χ2v) is 6.93. The smallest absolute Gasteiger partial charge is 0.244 e. The highest BCUT2D eigenvalue weighted by molar-refractivity contribution is 7.19. The number of benzene rings is 1. The molecule has 0 aliphatic carbocycles. The normalized spacial score (nSPS) is 11.8. The van der Waals surface area contributed by atoms with E-state index in [1.807, 2.05) is 45.0 Å². The van der Waals surface area contributed by atoms with Crippen LogP contribution in [0.2, 0.25) is 0 Å². The van der Waals surface area contributed by atoms with E-state index in [1.54, 1.807) is 6.08 Å². The molecule has 0 fully saturated rings. The van der Waals surface area contributed by atoms with Crippen molar-refractivity contribution in [2.45, 2.75) is 26.3 Å². The third-order valence-electron chi connectivity index (χ3n) is 2.63. The molecule has 2 amide bonds. The van der Waals surface area contributed by atoms with Gasteiger partial charge in [0.25, 0.3) is 0 Å². The second kappa shape index (κ2) is 6.70. The Hall–Kier alpha value is -2.21. The highest BCUT2D eigenvalue weighted by Gasteiger charge is 2.13. The van der Waals surface area contributed by atoms with E-state index in [1.165, 1.54) is 17.4 Å². The number of fused-ring (bicyclic) bond motifs is 1. The highest BCUT2D eigenvalue weighted by atomic mass is 32.1. The van der Waals surface area contributed by atoms with E-state index in [9.17, 15) is 9.59 Å². The van der Waals surface area contributed by atoms with Crippen molar-refractivity contribution in [2.75, 3.05) is 6.54 Å². The maximum absolute atomic E-state index is 11.7. The lowest BCUT2D eigenvalue weighted by atomic mass is 10.1. The zero-order valence-corrected chi connectivity index (χ0v) is 13.7. The summed E-state index contributed by atoms with van der Waals surface area (Å²) >= 11 is 1.51. The summed E-state index contributed by atoms with van der Waals surface area (Å²) in [5.74, 6) is -0.530. The van der Waals surface area contributed by atoms with Crippen molar-refractivity contribution < 1.29 is 9.59 Å². The van der Waals surface area contributed by atoms with Crippen LogP contribution >= 0.6 is 11.3 Å². The Bertz CT molecular complexity index is 680. The fraction of sp³-hybridized carbons (Fsp3) is 0.312. The van der Waals surface area contributed by atoms with Gasteiger partial charge >= 0.3 is 0 Å². The fourth-order valence-electron chi connectivity index (χ4n) is 1.80. The van der Waals surface area contributed by atoms with Crippen LogP contribution in [0.25, 0.3) is 16.3 Å². The van der Waals surface area contributed by atoms with E-state index in [0.29, 0.717) is 0 Å². The van der Waals surface area contributed by atoms with E-state index < -0.39 is 0 Å². The molecule has 2 N–H and O–H groups in total. The van der Waals surface area contributed by atoms with Crippen molar-refractivity contribution >= 4 is 39.4 Å². The van der Waals surface area contributed by atoms with Crippen LogP contribution in [0.4, 0.5) is 0 Å². The maximum Gasteiger partial charge on any atom is 0.244 e. The number of aromatic nitrogens is 1. The van der Waals surface area contributed by atoms with Gasteiger partial charge in [-0.15, -0.1) is 11.3 Å². The maximum atomic E-state index is 11.7. The number of thiazole rings is 1. The van der Waals surface area contributed by atoms with Crippen LogP contribution in [0, 0.1) is 0 Å². The van der Waals surface area contributed by atoms with E-state index in [-0.39, 0.29) is 23.9 Å². The van der Waals surface area contributed by atoms with Gasteiger partial charge in [0.05, 0.1) is 16.8 Å². The molecule has 0 radical (unpaired) electrons. The molecular weight excluding hydrogens is 298 g/mol. The largest absolute Gasteiger partial charge is 0.350 e. The van der Waals surface area contributed by atoms with Crippen LogP contribution in [0.15, 0.2) is 30.3 Å². The first-order valence-corrected chi connectivity index (χ1v) is 7.78. The Kier molecular flexibility index (Phi) is 4.92. The predicted molar refractivity (Wildman–Crippen MR) is 89.6 cm³/mol. The fourth-order valence-corrected chi connectivity index (χ4v) is 2.67. The summed E-state index contributed by atoms with van der Waals surface area (Å²) in [6, 6.07) is 7.80. The molecule has 1 heterocycles. The molecule has 5 nitrogen and oxygen atoms in total. The summed E-state index contributed by atoms with van der Waals surface area (Å²) in [7, 11) is 0. The lowest BCUT2D eigenvalue weighted by molar-refractivity contribution is -0.124. The Balaban J connectivity index is 1.87. The number of nitrogens with zero attached hydrogens (tertiary/aromatic N) is 1. The molecule has 22 heavy (non-hydrogen) atoms. The standard InChI is InChI=1S/C16H19N3O2S/c1-16(2,3)19-14(21)10-17-13(20)8-9-15-18-11-6-4-5-7-12(11)22-15/h4-9H,10H2,1-3H3,(H,17,20)(H,19,21)/b9-8+. The second-order valence-electron chi connectivity index (χ2n) is 5.87. The van der Waals surface area contributed by atoms with Crippen LogP contribution in [-0.2, 0) is 9.59 Å². The van der Waals surface area contributed by atoms with E-state index >= 15 is 0 Å². The molecule has 1 aromatic heterocycles. The summed E-state index contributed by atoms with van der Waals surface area (Å²) in [5, 5.41) is 6.09. The molecule has 0 spiro atoms. The zero-order valence-electron chi connectivity index (χ0n) is 12.8. The Morgan fingerprint density at radius 3 is 2.68 bits per heavy atom. The lowest BCUT2D eigenvalue weighted by Gasteiger charge is -2.20. The van der Waals surface area contributed by atoms with Gasteiger partial charge in [0.2, 0.25) is 11.8 Å². The van der Waals surface area contributed by atoms with Crippen molar-refractivity contribution in [3.05, 3.63) is 35.3 Å². The van der Waals surface area contributed by atoms with E-state index in [0.717, 1.165) is 15.2 Å². The van der Waals surface area contributed by atoms with Gasteiger partial charge in [0, 0.05) is 11.6 Å². The van der Waals surface area contributed by atoms with Gasteiger partial charge in [-0.05, 0) is 39.0 Å². The third kappa shape index (κ3) is 4.96. The first-order valence-electron chi connectivity index (χ1n) is 6.96. The molecule has 116 valence electrons. The van der Waals surface area contributed by atoms with Crippen LogP contribution in [0.5, 0.6) is 0 Å².